The monoisotopic (exact) mass is 504 g/mol. The molecule has 0 spiro atoms. The van der Waals surface area contributed by atoms with E-state index in [1.807, 2.05) is 36.4 Å². The summed E-state index contributed by atoms with van der Waals surface area (Å²) in [6.07, 6.45) is 3.04. The Morgan fingerprint density at radius 3 is 2.47 bits per heavy atom. The number of furan rings is 1. The summed E-state index contributed by atoms with van der Waals surface area (Å²) in [5, 5.41) is 4.87. The van der Waals surface area contributed by atoms with Gasteiger partial charge in [0.25, 0.3) is 0 Å². The first-order valence-electron chi connectivity index (χ1n) is 10.5. The molecule has 3 aromatic carbocycles. The van der Waals surface area contributed by atoms with E-state index in [1.165, 1.54) is 11.6 Å². The summed E-state index contributed by atoms with van der Waals surface area (Å²) < 4.78 is 6.95. The van der Waals surface area contributed by atoms with Gasteiger partial charge in [-0.1, -0.05) is 29.3 Å². The average molecular weight is 505 g/mol. The second-order valence-electron chi connectivity index (χ2n) is 7.75. The maximum atomic E-state index is 12.4. The lowest BCUT2D eigenvalue weighted by Gasteiger charge is -2.03. The molecule has 1 amide bonds. The Labute approximate surface area is 210 Å². The zero-order chi connectivity index (χ0) is 23.7. The SMILES string of the molecule is Cc1ccc2nc(-c3ccc(NC(=O)/C=C/c4ccc(-c5cc(Cl)cc(Cl)c5)o4)cc3)sc2c1. The molecule has 0 bridgehead atoms. The molecule has 168 valence electrons. The molecule has 1 N–H and O–H groups in total. The van der Waals surface area contributed by atoms with Crippen LogP contribution >= 0.6 is 34.5 Å². The van der Waals surface area contributed by atoms with Gasteiger partial charge < -0.3 is 9.73 Å². The minimum Gasteiger partial charge on any atom is -0.457 e. The van der Waals surface area contributed by atoms with Crippen molar-refractivity contribution in [3.05, 3.63) is 100 Å². The highest BCUT2D eigenvalue weighted by molar-refractivity contribution is 7.21. The van der Waals surface area contributed by atoms with Crippen molar-refractivity contribution in [2.24, 2.45) is 0 Å². The summed E-state index contributed by atoms with van der Waals surface area (Å²) in [4.78, 5) is 17.1. The molecule has 2 aromatic heterocycles. The van der Waals surface area contributed by atoms with Crippen molar-refractivity contribution in [3.63, 3.8) is 0 Å². The van der Waals surface area contributed by atoms with Gasteiger partial charge in [0.05, 0.1) is 10.2 Å². The molecule has 0 unspecified atom stereocenters. The lowest BCUT2D eigenvalue weighted by molar-refractivity contribution is -0.111. The van der Waals surface area contributed by atoms with E-state index in [9.17, 15) is 4.79 Å². The van der Waals surface area contributed by atoms with Crippen LogP contribution < -0.4 is 5.32 Å². The van der Waals surface area contributed by atoms with E-state index >= 15 is 0 Å². The fourth-order valence-electron chi connectivity index (χ4n) is 3.49. The molecule has 0 aliphatic heterocycles. The molecule has 0 saturated heterocycles. The van der Waals surface area contributed by atoms with E-state index in [1.54, 1.807) is 41.7 Å². The molecule has 0 fully saturated rings. The number of carbonyl (C=O) groups is 1. The van der Waals surface area contributed by atoms with Gasteiger partial charge in [-0.2, -0.15) is 0 Å². The number of nitrogens with zero attached hydrogens (tertiary/aromatic N) is 1. The number of halogens is 2. The van der Waals surface area contributed by atoms with Crippen LogP contribution in [0.3, 0.4) is 0 Å². The van der Waals surface area contributed by atoms with Crippen molar-refractivity contribution in [2.75, 3.05) is 5.32 Å². The number of rotatable bonds is 5. The Hall–Kier alpha value is -3.38. The van der Waals surface area contributed by atoms with Gasteiger partial charge in [-0.15, -0.1) is 11.3 Å². The molecule has 34 heavy (non-hydrogen) atoms. The third kappa shape index (κ3) is 5.07. The van der Waals surface area contributed by atoms with Crippen LogP contribution in [-0.2, 0) is 4.79 Å². The number of aryl methyl sites for hydroxylation is 1. The second kappa shape index (κ2) is 9.47. The molecule has 5 aromatic rings. The van der Waals surface area contributed by atoms with Crippen molar-refractivity contribution >= 4 is 62.4 Å². The summed E-state index contributed by atoms with van der Waals surface area (Å²) in [5.74, 6) is 0.902. The van der Waals surface area contributed by atoms with E-state index < -0.39 is 0 Å². The molecular formula is C27H18Cl2N2O2S. The van der Waals surface area contributed by atoms with E-state index in [0.717, 1.165) is 26.4 Å². The first-order valence-corrected chi connectivity index (χ1v) is 12.0. The lowest BCUT2D eigenvalue weighted by Crippen LogP contribution is -2.07. The number of nitrogens with one attached hydrogen (secondary N) is 1. The number of fused-ring (bicyclic) bond motifs is 1. The van der Waals surface area contributed by atoms with Crippen LogP contribution in [0.5, 0.6) is 0 Å². The summed E-state index contributed by atoms with van der Waals surface area (Å²) in [5.41, 5.74) is 4.69. The van der Waals surface area contributed by atoms with E-state index in [2.05, 4.69) is 24.4 Å². The van der Waals surface area contributed by atoms with Crippen LogP contribution in [0.4, 0.5) is 5.69 Å². The van der Waals surface area contributed by atoms with Gasteiger partial charge >= 0.3 is 0 Å². The average Bonchev–Trinajstić information content (AvgIpc) is 3.44. The van der Waals surface area contributed by atoms with Gasteiger partial charge in [0.15, 0.2) is 0 Å². The standard InChI is InChI=1S/C27H18Cl2N2O2S/c1-16-2-9-23-25(12-16)34-27(31-23)17-3-5-21(6-4-17)30-26(32)11-8-22-7-10-24(33-22)18-13-19(28)15-20(29)14-18/h2-15H,1H3,(H,30,32)/b11-8+. The summed E-state index contributed by atoms with van der Waals surface area (Å²) in [6, 6.07) is 22.7. The highest BCUT2D eigenvalue weighted by Gasteiger charge is 2.08. The topological polar surface area (TPSA) is 55.1 Å². The molecule has 0 atom stereocenters. The first-order chi connectivity index (χ1) is 16.4. The van der Waals surface area contributed by atoms with Gasteiger partial charge in [-0.05, 0) is 85.3 Å². The van der Waals surface area contributed by atoms with Crippen LogP contribution in [-0.4, -0.2) is 10.9 Å². The number of hydrogen-bond donors (Lipinski definition) is 1. The van der Waals surface area contributed by atoms with E-state index in [0.29, 0.717) is 27.3 Å². The Balaban J connectivity index is 1.24. The summed E-state index contributed by atoms with van der Waals surface area (Å²) in [6.45, 7) is 2.07. The Bertz CT molecular complexity index is 1510. The maximum Gasteiger partial charge on any atom is 0.248 e. The van der Waals surface area contributed by atoms with Crippen LogP contribution in [0, 0.1) is 6.92 Å². The summed E-state index contributed by atoms with van der Waals surface area (Å²) >= 11 is 13.8. The normalized spacial score (nSPS) is 11.4. The molecule has 0 radical (unpaired) electrons. The van der Waals surface area contributed by atoms with Crippen molar-refractivity contribution in [2.45, 2.75) is 6.92 Å². The number of hydrogen-bond acceptors (Lipinski definition) is 4. The summed E-state index contributed by atoms with van der Waals surface area (Å²) in [7, 11) is 0. The van der Waals surface area contributed by atoms with Crippen molar-refractivity contribution < 1.29 is 9.21 Å². The first kappa shape index (κ1) is 22.4. The predicted octanol–water partition coefficient (Wildman–Crippen LogP) is 8.49. The number of thiazole rings is 1. The Morgan fingerprint density at radius 1 is 0.941 bits per heavy atom. The molecule has 0 saturated carbocycles. The zero-order valence-electron chi connectivity index (χ0n) is 18.0. The lowest BCUT2D eigenvalue weighted by atomic mass is 10.2. The molecule has 4 nitrogen and oxygen atoms in total. The molecule has 0 aliphatic rings. The Kier molecular flexibility index (Phi) is 6.24. The van der Waals surface area contributed by atoms with Crippen molar-refractivity contribution in [1.82, 2.24) is 4.98 Å². The predicted molar refractivity (Wildman–Crippen MR) is 142 cm³/mol. The fraction of sp³-hybridized carbons (Fsp3) is 0.0370. The molecule has 7 heteroatoms. The third-order valence-corrected chi connectivity index (χ3v) is 6.62. The smallest absolute Gasteiger partial charge is 0.248 e. The van der Waals surface area contributed by atoms with E-state index in [-0.39, 0.29) is 5.91 Å². The number of anilines is 1. The van der Waals surface area contributed by atoms with Crippen molar-refractivity contribution in [1.29, 1.82) is 0 Å². The number of carbonyl (C=O) groups excluding carboxylic acids is 1. The highest BCUT2D eigenvalue weighted by atomic mass is 35.5. The van der Waals surface area contributed by atoms with Crippen molar-refractivity contribution in [3.8, 4) is 21.9 Å². The minimum atomic E-state index is -0.257. The van der Waals surface area contributed by atoms with Gasteiger partial charge in [0.2, 0.25) is 5.91 Å². The number of aromatic nitrogens is 1. The van der Waals surface area contributed by atoms with Crippen LogP contribution in [0.2, 0.25) is 10.0 Å². The van der Waals surface area contributed by atoms with Crippen LogP contribution in [0.25, 0.3) is 38.2 Å². The van der Waals surface area contributed by atoms with Gasteiger partial charge in [0, 0.05) is 32.9 Å². The second-order valence-corrected chi connectivity index (χ2v) is 9.65. The van der Waals surface area contributed by atoms with Crippen LogP contribution in [0.15, 0.2) is 83.3 Å². The van der Waals surface area contributed by atoms with Crippen LogP contribution in [0.1, 0.15) is 11.3 Å². The highest BCUT2D eigenvalue weighted by Crippen LogP contribution is 2.31. The largest absolute Gasteiger partial charge is 0.457 e. The maximum absolute atomic E-state index is 12.4. The number of amides is 1. The molecular weight excluding hydrogens is 487 g/mol. The van der Waals surface area contributed by atoms with E-state index in [4.69, 9.17) is 32.6 Å². The van der Waals surface area contributed by atoms with Gasteiger partial charge in [-0.25, -0.2) is 4.98 Å². The quantitative estimate of drug-likeness (QED) is 0.244. The fourth-order valence-corrected chi connectivity index (χ4v) is 5.08. The third-order valence-electron chi connectivity index (χ3n) is 5.12. The molecule has 2 heterocycles. The van der Waals surface area contributed by atoms with Gasteiger partial charge in [-0.3, -0.25) is 4.79 Å². The Morgan fingerprint density at radius 2 is 1.71 bits per heavy atom. The minimum absolute atomic E-state index is 0.257. The number of benzene rings is 3. The zero-order valence-corrected chi connectivity index (χ0v) is 20.3. The molecule has 5 rings (SSSR count). The molecule has 0 aliphatic carbocycles. The van der Waals surface area contributed by atoms with Gasteiger partial charge in [0.1, 0.15) is 16.5 Å².